The molecule has 2 aromatic rings. The van der Waals surface area contributed by atoms with E-state index in [4.69, 9.17) is 4.74 Å². The standard InChI is InChI=1S/C20H23FO/c1-20(2)12-6-9-18(20)16-8-5-4-7-15(16)17-13-14(22-3)10-11-19(17)21/h4-5,7-8,10-11,13,18H,6,9,12H2,1-3H3/t18-/m0/s1. The molecule has 3 rings (SSSR count). The fraction of sp³-hybridized carbons (Fsp3) is 0.400. The Balaban J connectivity index is 2.13. The van der Waals surface area contributed by atoms with Crippen molar-refractivity contribution in [2.24, 2.45) is 5.41 Å². The largest absolute Gasteiger partial charge is 0.497 e. The molecule has 2 heteroatoms. The van der Waals surface area contributed by atoms with Gasteiger partial charge < -0.3 is 4.74 Å². The highest BCUT2D eigenvalue weighted by Crippen LogP contribution is 2.51. The first kappa shape index (κ1) is 15.1. The lowest BCUT2D eigenvalue weighted by Gasteiger charge is -2.29. The average Bonchev–Trinajstić information content (AvgIpc) is 2.87. The van der Waals surface area contributed by atoms with Gasteiger partial charge in [-0.2, -0.15) is 0 Å². The highest BCUT2D eigenvalue weighted by molar-refractivity contribution is 5.70. The van der Waals surface area contributed by atoms with Gasteiger partial charge in [0.2, 0.25) is 0 Å². The molecular formula is C20H23FO. The summed E-state index contributed by atoms with van der Waals surface area (Å²) in [7, 11) is 1.61. The predicted octanol–water partition coefficient (Wildman–Crippen LogP) is 5.80. The van der Waals surface area contributed by atoms with Gasteiger partial charge in [0.25, 0.3) is 0 Å². The second-order valence-electron chi connectivity index (χ2n) is 6.87. The first-order chi connectivity index (χ1) is 10.5. The molecule has 0 N–H and O–H groups in total. The normalized spacial score (nSPS) is 20.1. The monoisotopic (exact) mass is 298 g/mol. The summed E-state index contributed by atoms with van der Waals surface area (Å²) < 4.78 is 19.7. The second kappa shape index (κ2) is 5.75. The van der Waals surface area contributed by atoms with Crippen LogP contribution < -0.4 is 4.74 Å². The first-order valence-electron chi connectivity index (χ1n) is 7.96. The molecule has 116 valence electrons. The summed E-state index contributed by atoms with van der Waals surface area (Å²) in [5, 5.41) is 0. The molecule has 0 bridgehead atoms. The molecule has 0 spiro atoms. The Morgan fingerprint density at radius 3 is 2.55 bits per heavy atom. The Labute approximate surface area is 132 Å². The van der Waals surface area contributed by atoms with Crippen LogP contribution in [0.25, 0.3) is 11.1 Å². The van der Waals surface area contributed by atoms with Crippen molar-refractivity contribution >= 4 is 0 Å². The third-order valence-electron chi connectivity index (χ3n) is 5.06. The van der Waals surface area contributed by atoms with Crippen LogP contribution in [0.1, 0.15) is 44.6 Å². The summed E-state index contributed by atoms with van der Waals surface area (Å²) >= 11 is 0. The summed E-state index contributed by atoms with van der Waals surface area (Å²) in [5.41, 5.74) is 3.17. The SMILES string of the molecule is COc1ccc(F)c(-c2ccccc2[C@@H]2CCCC2(C)C)c1. The van der Waals surface area contributed by atoms with E-state index in [1.807, 2.05) is 12.1 Å². The highest BCUT2D eigenvalue weighted by Gasteiger charge is 2.36. The van der Waals surface area contributed by atoms with Crippen LogP contribution in [0.2, 0.25) is 0 Å². The summed E-state index contributed by atoms with van der Waals surface area (Å²) in [6.07, 6.45) is 3.65. The Kier molecular flexibility index (Phi) is 3.94. The maximum Gasteiger partial charge on any atom is 0.131 e. The van der Waals surface area contributed by atoms with Crippen molar-refractivity contribution in [3.05, 3.63) is 53.8 Å². The molecule has 1 atom stereocenters. The quantitative estimate of drug-likeness (QED) is 0.696. The lowest BCUT2D eigenvalue weighted by atomic mass is 9.75. The topological polar surface area (TPSA) is 9.23 Å². The van der Waals surface area contributed by atoms with Crippen molar-refractivity contribution < 1.29 is 9.13 Å². The molecule has 22 heavy (non-hydrogen) atoms. The maximum atomic E-state index is 14.4. The smallest absolute Gasteiger partial charge is 0.131 e. The number of hydrogen-bond donors (Lipinski definition) is 0. The van der Waals surface area contributed by atoms with Crippen molar-refractivity contribution in [3.8, 4) is 16.9 Å². The molecule has 0 aliphatic heterocycles. The van der Waals surface area contributed by atoms with E-state index in [1.165, 1.54) is 30.9 Å². The van der Waals surface area contributed by atoms with Crippen LogP contribution in [0.4, 0.5) is 4.39 Å². The van der Waals surface area contributed by atoms with E-state index >= 15 is 0 Å². The van der Waals surface area contributed by atoms with E-state index < -0.39 is 0 Å². The molecule has 1 fully saturated rings. The zero-order valence-electron chi connectivity index (χ0n) is 13.5. The van der Waals surface area contributed by atoms with Gasteiger partial charge in [0, 0.05) is 5.56 Å². The zero-order chi connectivity index (χ0) is 15.7. The fourth-order valence-electron chi connectivity index (χ4n) is 3.79. The van der Waals surface area contributed by atoms with Crippen LogP contribution in [0.3, 0.4) is 0 Å². The Bertz CT molecular complexity index is 675. The van der Waals surface area contributed by atoms with Gasteiger partial charge in [-0.3, -0.25) is 0 Å². The molecule has 0 aromatic heterocycles. The first-order valence-corrected chi connectivity index (χ1v) is 7.96. The molecular weight excluding hydrogens is 275 g/mol. The minimum absolute atomic E-state index is 0.191. The van der Waals surface area contributed by atoms with E-state index in [0.29, 0.717) is 17.2 Å². The van der Waals surface area contributed by atoms with Crippen molar-refractivity contribution in [1.82, 2.24) is 0 Å². The summed E-state index contributed by atoms with van der Waals surface area (Å²) in [6.45, 7) is 4.65. The van der Waals surface area contributed by atoms with E-state index in [-0.39, 0.29) is 11.2 Å². The summed E-state index contributed by atoms with van der Waals surface area (Å²) in [4.78, 5) is 0. The van der Waals surface area contributed by atoms with Crippen LogP contribution in [0.5, 0.6) is 5.75 Å². The Hall–Kier alpha value is -1.83. The maximum absolute atomic E-state index is 14.4. The molecule has 0 unspecified atom stereocenters. The second-order valence-corrected chi connectivity index (χ2v) is 6.87. The number of halogens is 1. The van der Waals surface area contributed by atoms with Gasteiger partial charge in [-0.05, 0) is 53.5 Å². The van der Waals surface area contributed by atoms with E-state index in [1.54, 1.807) is 19.2 Å². The summed E-state index contributed by atoms with van der Waals surface area (Å²) in [5.74, 6) is 0.982. The molecule has 2 aromatic carbocycles. The van der Waals surface area contributed by atoms with Gasteiger partial charge in [0.05, 0.1) is 7.11 Å². The molecule has 0 saturated heterocycles. The molecule has 0 amide bonds. The lowest BCUT2D eigenvalue weighted by Crippen LogP contribution is -2.16. The summed E-state index contributed by atoms with van der Waals surface area (Å²) in [6, 6.07) is 13.2. The predicted molar refractivity (Wildman–Crippen MR) is 88.8 cm³/mol. The molecule has 0 radical (unpaired) electrons. The fourth-order valence-corrected chi connectivity index (χ4v) is 3.79. The van der Waals surface area contributed by atoms with Crippen LogP contribution in [-0.2, 0) is 0 Å². The molecule has 0 heterocycles. The van der Waals surface area contributed by atoms with E-state index in [2.05, 4.69) is 26.0 Å². The minimum Gasteiger partial charge on any atom is -0.497 e. The van der Waals surface area contributed by atoms with Crippen LogP contribution in [0.15, 0.2) is 42.5 Å². The van der Waals surface area contributed by atoms with Crippen molar-refractivity contribution in [2.75, 3.05) is 7.11 Å². The third-order valence-corrected chi connectivity index (χ3v) is 5.06. The molecule has 1 nitrogen and oxygen atoms in total. The Morgan fingerprint density at radius 2 is 1.86 bits per heavy atom. The van der Waals surface area contributed by atoms with Crippen LogP contribution in [0, 0.1) is 11.2 Å². The number of methoxy groups -OCH3 is 1. The molecule has 1 aliphatic rings. The number of benzene rings is 2. The molecule has 1 saturated carbocycles. The number of rotatable bonds is 3. The zero-order valence-corrected chi connectivity index (χ0v) is 13.5. The van der Waals surface area contributed by atoms with Crippen molar-refractivity contribution in [3.63, 3.8) is 0 Å². The minimum atomic E-state index is -0.191. The van der Waals surface area contributed by atoms with Gasteiger partial charge in [-0.25, -0.2) is 4.39 Å². The van der Waals surface area contributed by atoms with Gasteiger partial charge in [-0.15, -0.1) is 0 Å². The van der Waals surface area contributed by atoms with Gasteiger partial charge in [0.15, 0.2) is 0 Å². The van der Waals surface area contributed by atoms with Crippen molar-refractivity contribution in [1.29, 1.82) is 0 Å². The number of ether oxygens (including phenoxy) is 1. The van der Waals surface area contributed by atoms with Gasteiger partial charge in [0.1, 0.15) is 11.6 Å². The third kappa shape index (κ3) is 2.63. The van der Waals surface area contributed by atoms with Gasteiger partial charge >= 0.3 is 0 Å². The lowest BCUT2D eigenvalue weighted by molar-refractivity contribution is 0.333. The van der Waals surface area contributed by atoms with E-state index in [0.717, 1.165) is 5.56 Å². The average molecular weight is 298 g/mol. The highest BCUT2D eigenvalue weighted by atomic mass is 19.1. The van der Waals surface area contributed by atoms with Crippen LogP contribution >= 0.6 is 0 Å². The van der Waals surface area contributed by atoms with Crippen molar-refractivity contribution in [2.45, 2.75) is 39.0 Å². The van der Waals surface area contributed by atoms with Gasteiger partial charge in [-0.1, -0.05) is 44.5 Å². The molecule has 1 aliphatic carbocycles. The Morgan fingerprint density at radius 1 is 1.09 bits per heavy atom. The van der Waals surface area contributed by atoms with E-state index in [9.17, 15) is 4.39 Å². The van der Waals surface area contributed by atoms with Crippen LogP contribution in [-0.4, -0.2) is 7.11 Å². The number of hydrogen-bond acceptors (Lipinski definition) is 1.